The van der Waals surface area contributed by atoms with E-state index >= 15 is 0 Å². The van der Waals surface area contributed by atoms with E-state index in [2.05, 4.69) is 15.2 Å². The molecule has 7 heteroatoms. The molecule has 122 valence electrons. The zero-order chi connectivity index (χ0) is 16.2. The molecule has 2 aromatic heterocycles. The van der Waals surface area contributed by atoms with Crippen LogP contribution in [0.1, 0.15) is 31.0 Å². The molecule has 3 N–H and O–H groups in total. The van der Waals surface area contributed by atoms with Gasteiger partial charge in [0.1, 0.15) is 12.4 Å². The molecule has 7 nitrogen and oxygen atoms in total. The summed E-state index contributed by atoms with van der Waals surface area (Å²) in [6.07, 6.45) is 6.45. The Morgan fingerprint density at radius 2 is 2.39 bits per heavy atom. The molecular weight excluding hydrogens is 294 g/mol. The van der Waals surface area contributed by atoms with Crippen LogP contribution < -0.4 is 5.73 Å². The first-order chi connectivity index (χ1) is 11.2. The predicted molar refractivity (Wildman–Crippen MR) is 86.4 cm³/mol. The van der Waals surface area contributed by atoms with Crippen LogP contribution in [-0.4, -0.2) is 46.2 Å². The normalized spacial score (nSPS) is 18.1. The summed E-state index contributed by atoms with van der Waals surface area (Å²) in [6, 6.07) is 3.70. The average Bonchev–Trinajstić information content (AvgIpc) is 3.04. The number of pyridine rings is 1. The number of nitrogens with one attached hydrogen (secondary N) is 1. The molecule has 1 amide bonds. The fourth-order valence-corrected chi connectivity index (χ4v) is 3.13. The maximum Gasteiger partial charge on any atom is 0.249 e. The van der Waals surface area contributed by atoms with Crippen molar-refractivity contribution in [2.75, 3.05) is 26.0 Å². The molecule has 0 aliphatic carbocycles. The third-order valence-corrected chi connectivity index (χ3v) is 4.19. The van der Waals surface area contributed by atoms with Gasteiger partial charge in [-0.15, -0.1) is 0 Å². The predicted octanol–water partition coefficient (Wildman–Crippen LogP) is 1.75. The maximum atomic E-state index is 12.3. The Kier molecular flexibility index (Phi) is 4.57. The molecule has 0 bridgehead atoms. The second-order valence-corrected chi connectivity index (χ2v) is 5.70. The highest BCUT2D eigenvalue weighted by Gasteiger charge is 2.30. The molecule has 0 radical (unpaired) electrons. The van der Waals surface area contributed by atoms with Crippen LogP contribution in [0.2, 0.25) is 0 Å². The number of nitrogen functional groups attached to an aromatic ring is 1. The number of nitrogens with zero attached hydrogens (tertiary/aromatic N) is 3. The minimum absolute atomic E-state index is 0.00647. The van der Waals surface area contributed by atoms with Crippen molar-refractivity contribution in [3.05, 3.63) is 30.2 Å². The molecule has 1 saturated heterocycles. The van der Waals surface area contributed by atoms with Gasteiger partial charge in [0.2, 0.25) is 5.91 Å². The minimum atomic E-state index is -0.0155. The van der Waals surface area contributed by atoms with Crippen molar-refractivity contribution in [2.24, 2.45) is 0 Å². The van der Waals surface area contributed by atoms with Crippen LogP contribution in [0.4, 0.5) is 5.82 Å². The van der Waals surface area contributed by atoms with Crippen molar-refractivity contribution < 1.29 is 9.53 Å². The van der Waals surface area contributed by atoms with Crippen molar-refractivity contribution in [3.63, 3.8) is 0 Å². The number of amides is 1. The lowest BCUT2D eigenvalue weighted by atomic mass is 9.94. The van der Waals surface area contributed by atoms with Gasteiger partial charge in [-0.1, -0.05) is 0 Å². The van der Waals surface area contributed by atoms with E-state index in [-0.39, 0.29) is 18.6 Å². The summed E-state index contributed by atoms with van der Waals surface area (Å²) in [6.45, 7) is 0.839. The van der Waals surface area contributed by atoms with E-state index in [0.29, 0.717) is 5.82 Å². The number of aromatic nitrogens is 3. The van der Waals surface area contributed by atoms with Gasteiger partial charge >= 0.3 is 0 Å². The minimum Gasteiger partial charge on any atom is -0.384 e. The van der Waals surface area contributed by atoms with Crippen LogP contribution in [-0.2, 0) is 9.53 Å². The number of anilines is 1. The summed E-state index contributed by atoms with van der Waals surface area (Å²) in [4.78, 5) is 18.3. The third kappa shape index (κ3) is 3.19. The number of methoxy groups -OCH3 is 1. The van der Waals surface area contributed by atoms with Gasteiger partial charge in [-0.2, -0.15) is 5.10 Å². The number of hydrogen-bond donors (Lipinski definition) is 2. The molecule has 0 saturated carbocycles. The first kappa shape index (κ1) is 15.5. The summed E-state index contributed by atoms with van der Waals surface area (Å²) in [5.74, 6) is 0.470. The second-order valence-electron chi connectivity index (χ2n) is 5.70. The summed E-state index contributed by atoms with van der Waals surface area (Å²) < 4.78 is 5.01. The number of rotatable bonds is 4. The van der Waals surface area contributed by atoms with Crippen molar-refractivity contribution in [1.29, 1.82) is 0 Å². The largest absolute Gasteiger partial charge is 0.384 e. The number of likely N-dealkylation sites (tertiary alicyclic amines) is 1. The Labute approximate surface area is 134 Å². The van der Waals surface area contributed by atoms with Crippen molar-refractivity contribution in [3.8, 4) is 11.1 Å². The molecule has 1 aliphatic heterocycles. The summed E-state index contributed by atoms with van der Waals surface area (Å²) in [5.41, 5.74) is 8.64. The summed E-state index contributed by atoms with van der Waals surface area (Å²) in [5, 5.41) is 7.26. The number of aromatic amines is 1. The number of H-pyrrole nitrogens is 1. The fourth-order valence-electron chi connectivity index (χ4n) is 3.13. The van der Waals surface area contributed by atoms with Gasteiger partial charge in [-0.3, -0.25) is 9.89 Å². The Balaban J connectivity index is 1.94. The first-order valence-corrected chi connectivity index (χ1v) is 7.74. The van der Waals surface area contributed by atoms with Gasteiger partial charge in [0, 0.05) is 25.4 Å². The molecule has 1 aliphatic rings. The van der Waals surface area contributed by atoms with Gasteiger partial charge < -0.3 is 15.4 Å². The number of carbonyl (C=O) groups is 1. The zero-order valence-corrected chi connectivity index (χ0v) is 13.2. The first-order valence-electron chi connectivity index (χ1n) is 7.74. The lowest BCUT2D eigenvalue weighted by Gasteiger charge is -2.35. The van der Waals surface area contributed by atoms with Crippen LogP contribution in [0.15, 0.2) is 24.5 Å². The number of nitrogens with two attached hydrogens (primary N) is 1. The average molecular weight is 315 g/mol. The zero-order valence-electron chi connectivity index (χ0n) is 13.2. The van der Waals surface area contributed by atoms with Gasteiger partial charge in [0.15, 0.2) is 0 Å². The number of piperidine rings is 1. The Bertz CT molecular complexity index is 685. The highest BCUT2D eigenvalue weighted by atomic mass is 16.5. The van der Waals surface area contributed by atoms with E-state index in [1.807, 2.05) is 17.0 Å². The number of hydrogen-bond acceptors (Lipinski definition) is 5. The van der Waals surface area contributed by atoms with E-state index in [0.717, 1.165) is 42.6 Å². The van der Waals surface area contributed by atoms with E-state index in [9.17, 15) is 4.79 Å². The van der Waals surface area contributed by atoms with Crippen LogP contribution >= 0.6 is 0 Å². The monoisotopic (exact) mass is 315 g/mol. The Morgan fingerprint density at radius 3 is 3.17 bits per heavy atom. The third-order valence-electron chi connectivity index (χ3n) is 4.19. The molecule has 3 rings (SSSR count). The number of carbonyl (C=O) groups excluding carboxylic acids is 1. The van der Waals surface area contributed by atoms with Crippen molar-refractivity contribution >= 4 is 11.7 Å². The molecule has 1 fully saturated rings. The van der Waals surface area contributed by atoms with E-state index in [4.69, 9.17) is 10.5 Å². The van der Waals surface area contributed by atoms with Crippen molar-refractivity contribution in [1.82, 2.24) is 20.1 Å². The molecular formula is C16H21N5O2. The van der Waals surface area contributed by atoms with Crippen LogP contribution in [0.5, 0.6) is 0 Å². The van der Waals surface area contributed by atoms with Crippen molar-refractivity contribution in [2.45, 2.75) is 25.3 Å². The SMILES string of the molecule is COCC(=O)N1CCCCC1c1[nH]ncc1-c1ccnc(N)c1. The van der Waals surface area contributed by atoms with E-state index in [1.54, 1.807) is 12.4 Å². The maximum absolute atomic E-state index is 12.3. The smallest absolute Gasteiger partial charge is 0.249 e. The van der Waals surface area contributed by atoms with E-state index < -0.39 is 0 Å². The van der Waals surface area contributed by atoms with Gasteiger partial charge in [-0.05, 0) is 37.0 Å². The van der Waals surface area contributed by atoms with Gasteiger partial charge in [-0.25, -0.2) is 4.98 Å². The van der Waals surface area contributed by atoms with Crippen LogP contribution in [0.25, 0.3) is 11.1 Å². The Morgan fingerprint density at radius 1 is 1.52 bits per heavy atom. The topological polar surface area (TPSA) is 97.1 Å². The van der Waals surface area contributed by atoms with Crippen LogP contribution in [0, 0.1) is 0 Å². The quantitative estimate of drug-likeness (QED) is 0.896. The molecule has 1 atom stereocenters. The molecule has 0 aromatic carbocycles. The van der Waals surface area contributed by atoms with Gasteiger partial charge in [0.05, 0.1) is 17.9 Å². The fraction of sp³-hybridized carbons (Fsp3) is 0.438. The molecule has 2 aromatic rings. The lowest BCUT2D eigenvalue weighted by molar-refractivity contribution is -0.139. The lowest BCUT2D eigenvalue weighted by Crippen LogP contribution is -2.40. The number of ether oxygens (including phenoxy) is 1. The Hall–Kier alpha value is -2.41. The highest BCUT2D eigenvalue weighted by molar-refractivity contribution is 5.78. The molecule has 1 unspecified atom stereocenters. The molecule has 0 spiro atoms. The highest BCUT2D eigenvalue weighted by Crippen LogP contribution is 2.35. The standard InChI is InChI=1S/C16H21N5O2/c1-23-10-15(22)21-7-3-2-4-13(21)16-12(9-19-20-16)11-5-6-18-14(17)8-11/h5-6,8-9,13H,2-4,7,10H2,1H3,(H2,17,18)(H,19,20). The molecule has 23 heavy (non-hydrogen) atoms. The summed E-state index contributed by atoms with van der Waals surface area (Å²) >= 11 is 0. The van der Waals surface area contributed by atoms with Gasteiger partial charge in [0.25, 0.3) is 0 Å². The van der Waals surface area contributed by atoms with Crippen LogP contribution in [0.3, 0.4) is 0 Å². The van der Waals surface area contributed by atoms with E-state index in [1.165, 1.54) is 7.11 Å². The second kappa shape index (κ2) is 6.78. The summed E-state index contributed by atoms with van der Waals surface area (Å²) in [7, 11) is 1.54. The molecule has 3 heterocycles.